The zero-order chi connectivity index (χ0) is 22.5. The Kier molecular flexibility index (Phi) is 6.31. The summed E-state index contributed by atoms with van der Waals surface area (Å²) < 4.78 is 10.7. The van der Waals surface area contributed by atoms with Crippen molar-refractivity contribution in [2.75, 3.05) is 38.1 Å². The van der Waals surface area contributed by atoms with Gasteiger partial charge in [-0.1, -0.05) is 36.4 Å². The van der Waals surface area contributed by atoms with E-state index in [0.29, 0.717) is 0 Å². The third-order valence-corrected chi connectivity index (χ3v) is 5.72. The minimum atomic E-state index is 0.852. The molecule has 0 fully saturated rings. The average Bonchev–Trinajstić information content (AvgIpc) is 2.88. The summed E-state index contributed by atoms with van der Waals surface area (Å²) in [7, 11) is 7.50. The molecule has 0 amide bonds. The molecule has 162 valence electrons. The molecule has 0 atom stereocenters. The second-order valence-electron chi connectivity index (χ2n) is 7.61. The van der Waals surface area contributed by atoms with Gasteiger partial charge in [-0.15, -0.1) is 0 Å². The minimum absolute atomic E-state index is 0.852. The van der Waals surface area contributed by atoms with Crippen molar-refractivity contribution in [2.24, 2.45) is 0 Å². The molecule has 4 nitrogen and oxygen atoms in total. The summed E-state index contributed by atoms with van der Waals surface area (Å²) in [5.74, 6) is 1.70. The Labute approximate surface area is 190 Å². The molecule has 4 aromatic rings. The van der Waals surface area contributed by atoms with Crippen LogP contribution in [0.4, 0.5) is 22.7 Å². The van der Waals surface area contributed by atoms with E-state index in [1.807, 2.05) is 36.4 Å². The average molecular weight is 425 g/mol. The van der Waals surface area contributed by atoms with Crippen molar-refractivity contribution in [3.8, 4) is 22.6 Å². The fourth-order valence-corrected chi connectivity index (χ4v) is 3.69. The number of benzene rings is 4. The summed E-state index contributed by atoms with van der Waals surface area (Å²) in [5.41, 5.74) is 6.78. The van der Waals surface area contributed by atoms with E-state index >= 15 is 0 Å². The molecule has 0 heterocycles. The lowest BCUT2D eigenvalue weighted by Crippen LogP contribution is -2.09. The molecule has 0 bridgehead atoms. The molecule has 0 radical (unpaired) electrons. The third-order valence-electron chi connectivity index (χ3n) is 5.72. The van der Waals surface area contributed by atoms with Crippen LogP contribution in [0.25, 0.3) is 11.1 Å². The Balaban J connectivity index is 1.50. The van der Waals surface area contributed by atoms with Gasteiger partial charge in [-0.25, -0.2) is 0 Å². The van der Waals surface area contributed by atoms with Crippen LogP contribution in [0.2, 0.25) is 0 Å². The molecule has 0 aliphatic heterocycles. The van der Waals surface area contributed by atoms with E-state index in [1.54, 1.807) is 14.2 Å². The van der Waals surface area contributed by atoms with Crippen LogP contribution >= 0.6 is 0 Å². The Morgan fingerprint density at radius 2 is 0.844 bits per heavy atom. The number of nitrogens with zero attached hydrogens (tertiary/aromatic N) is 2. The summed E-state index contributed by atoms with van der Waals surface area (Å²) in [6, 6.07) is 33.3. The van der Waals surface area contributed by atoms with Gasteiger partial charge < -0.3 is 19.3 Å². The normalized spacial score (nSPS) is 10.5. The van der Waals surface area contributed by atoms with Gasteiger partial charge in [-0.05, 0) is 59.7 Å². The van der Waals surface area contributed by atoms with Crippen molar-refractivity contribution >= 4 is 22.7 Å². The molecule has 0 saturated heterocycles. The molecule has 0 saturated carbocycles. The number of anilines is 4. The lowest BCUT2D eigenvalue weighted by molar-refractivity contribution is 0.415. The molecule has 4 aromatic carbocycles. The van der Waals surface area contributed by atoms with E-state index in [2.05, 4.69) is 84.6 Å². The van der Waals surface area contributed by atoms with Crippen LogP contribution in [0, 0.1) is 0 Å². The van der Waals surface area contributed by atoms with E-state index in [9.17, 15) is 0 Å². The van der Waals surface area contributed by atoms with Gasteiger partial charge in [0, 0.05) is 49.0 Å². The molecule has 0 aliphatic rings. The second kappa shape index (κ2) is 9.48. The molecule has 0 aliphatic carbocycles. The summed E-state index contributed by atoms with van der Waals surface area (Å²) >= 11 is 0. The Bertz CT molecular complexity index is 1080. The van der Waals surface area contributed by atoms with Crippen LogP contribution in [0.3, 0.4) is 0 Å². The summed E-state index contributed by atoms with van der Waals surface area (Å²) in [6.45, 7) is 0. The van der Waals surface area contributed by atoms with Gasteiger partial charge in [0.25, 0.3) is 0 Å². The highest BCUT2D eigenvalue weighted by atomic mass is 16.5. The van der Waals surface area contributed by atoms with E-state index in [0.717, 1.165) is 34.2 Å². The number of hydrogen-bond acceptors (Lipinski definition) is 4. The molecule has 0 N–H and O–H groups in total. The predicted molar refractivity (Wildman–Crippen MR) is 134 cm³/mol. The molecule has 32 heavy (non-hydrogen) atoms. The van der Waals surface area contributed by atoms with E-state index in [1.165, 1.54) is 11.1 Å². The molecule has 0 aromatic heterocycles. The summed E-state index contributed by atoms with van der Waals surface area (Å²) in [5, 5.41) is 0. The molecular formula is C28H28N2O2. The van der Waals surface area contributed by atoms with Crippen LogP contribution in [-0.4, -0.2) is 28.3 Å². The van der Waals surface area contributed by atoms with Crippen molar-refractivity contribution < 1.29 is 9.47 Å². The summed E-state index contributed by atoms with van der Waals surface area (Å²) in [4.78, 5) is 4.30. The molecular weight excluding hydrogens is 396 g/mol. The largest absolute Gasteiger partial charge is 0.497 e. The van der Waals surface area contributed by atoms with Gasteiger partial charge in [-0.2, -0.15) is 0 Å². The SMILES string of the molecule is COc1cccc(N(C)c2ccc(-c3ccc(N(C)c4cccc(OC)c4)cc3)cc2)c1. The van der Waals surface area contributed by atoms with E-state index in [-0.39, 0.29) is 0 Å². The Morgan fingerprint density at radius 1 is 0.469 bits per heavy atom. The van der Waals surface area contributed by atoms with Crippen molar-refractivity contribution in [2.45, 2.75) is 0 Å². The van der Waals surface area contributed by atoms with Crippen LogP contribution < -0.4 is 19.3 Å². The van der Waals surface area contributed by atoms with Crippen molar-refractivity contribution in [1.82, 2.24) is 0 Å². The van der Waals surface area contributed by atoms with Crippen molar-refractivity contribution in [3.63, 3.8) is 0 Å². The monoisotopic (exact) mass is 424 g/mol. The van der Waals surface area contributed by atoms with Gasteiger partial charge >= 0.3 is 0 Å². The third kappa shape index (κ3) is 4.54. The molecule has 4 heteroatoms. The number of hydrogen-bond donors (Lipinski definition) is 0. The maximum absolute atomic E-state index is 5.35. The zero-order valence-electron chi connectivity index (χ0n) is 18.9. The maximum Gasteiger partial charge on any atom is 0.120 e. The first-order valence-electron chi connectivity index (χ1n) is 10.5. The standard InChI is InChI=1S/C28H28N2O2/c1-29(25-7-5-9-27(19-25)31-3)23-15-11-21(12-16-23)22-13-17-24(18-14-22)30(2)26-8-6-10-28(20-26)32-4/h5-20H,1-4H3. The lowest BCUT2D eigenvalue weighted by Gasteiger charge is -2.21. The molecule has 0 spiro atoms. The fourth-order valence-electron chi connectivity index (χ4n) is 3.69. The lowest BCUT2D eigenvalue weighted by atomic mass is 10.0. The van der Waals surface area contributed by atoms with Gasteiger partial charge in [0.15, 0.2) is 0 Å². The predicted octanol–water partition coefficient (Wildman–Crippen LogP) is 6.91. The van der Waals surface area contributed by atoms with Crippen molar-refractivity contribution in [3.05, 3.63) is 97.1 Å². The molecule has 4 rings (SSSR count). The van der Waals surface area contributed by atoms with Gasteiger partial charge in [0.2, 0.25) is 0 Å². The van der Waals surface area contributed by atoms with Crippen LogP contribution in [0.15, 0.2) is 97.1 Å². The van der Waals surface area contributed by atoms with Gasteiger partial charge in [0.05, 0.1) is 14.2 Å². The topological polar surface area (TPSA) is 24.9 Å². The first kappa shape index (κ1) is 21.3. The van der Waals surface area contributed by atoms with Gasteiger partial charge in [-0.3, -0.25) is 0 Å². The number of methoxy groups -OCH3 is 2. The molecule has 0 unspecified atom stereocenters. The Morgan fingerprint density at radius 3 is 1.19 bits per heavy atom. The first-order valence-corrected chi connectivity index (χ1v) is 10.5. The van der Waals surface area contributed by atoms with Crippen molar-refractivity contribution in [1.29, 1.82) is 0 Å². The highest BCUT2D eigenvalue weighted by Crippen LogP contribution is 2.31. The zero-order valence-corrected chi connectivity index (χ0v) is 18.9. The maximum atomic E-state index is 5.35. The second-order valence-corrected chi connectivity index (χ2v) is 7.61. The van der Waals surface area contributed by atoms with E-state index in [4.69, 9.17) is 9.47 Å². The van der Waals surface area contributed by atoms with Gasteiger partial charge in [0.1, 0.15) is 11.5 Å². The highest BCUT2D eigenvalue weighted by molar-refractivity contribution is 5.72. The number of ether oxygens (including phenoxy) is 2. The first-order chi connectivity index (χ1) is 15.6. The summed E-state index contributed by atoms with van der Waals surface area (Å²) in [6.07, 6.45) is 0. The Hall–Kier alpha value is -3.92. The van der Waals surface area contributed by atoms with E-state index < -0.39 is 0 Å². The highest BCUT2D eigenvalue weighted by Gasteiger charge is 2.08. The van der Waals surface area contributed by atoms with Crippen LogP contribution in [0.5, 0.6) is 11.5 Å². The fraction of sp³-hybridized carbons (Fsp3) is 0.143. The smallest absolute Gasteiger partial charge is 0.120 e. The van der Waals surface area contributed by atoms with Crippen LogP contribution in [0.1, 0.15) is 0 Å². The minimum Gasteiger partial charge on any atom is -0.497 e. The van der Waals surface area contributed by atoms with Crippen LogP contribution in [-0.2, 0) is 0 Å². The quantitative estimate of drug-likeness (QED) is 0.322. The number of rotatable bonds is 7.